The minimum atomic E-state index is -1.45. The van der Waals surface area contributed by atoms with Crippen LogP contribution >= 0.6 is 0 Å². The third-order valence-corrected chi connectivity index (χ3v) is 14.7. The fourth-order valence-corrected chi connectivity index (χ4v) is 9.21. The lowest BCUT2D eigenvalue weighted by Crippen LogP contribution is -2.58. The molecule has 496 valence electrons. The summed E-state index contributed by atoms with van der Waals surface area (Å²) in [5.74, 6) is -3.05. The van der Waals surface area contributed by atoms with E-state index in [0.29, 0.717) is 51.4 Å². The Morgan fingerprint density at radius 2 is 0.729 bits per heavy atom. The van der Waals surface area contributed by atoms with Crippen molar-refractivity contribution in [1.82, 2.24) is 26.6 Å². The van der Waals surface area contributed by atoms with Crippen LogP contribution in [0.4, 0.5) is 0 Å². The Morgan fingerprint density at radius 3 is 1.06 bits per heavy atom. The number of hydrogen-bond acceptors (Lipinski definition) is 24. The average Bonchev–Trinajstić information content (AvgIpc) is 2.97. The average molecular weight is 1230 g/mol. The first-order valence-electron chi connectivity index (χ1n) is 30.1. The van der Waals surface area contributed by atoms with Gasteiger partial charge in [-0.05, 0) is 44.4 Å². The number of carbonyl (C=O) groups excluding carboxylic acids is 5. The van der Waals surface area contributed by atoms with E-state index in [1.54, 1.807) is 20.8 Å². The van der Waals surface area contributed by atoms with E-state index in [1.807, 2.05) is 0 Å². The quantitative estimate of drug-likeness (QED) is 0.0264. The molecule has 14 N–H and O–H groups in total. The fraction of sp³-hybridized carbons (Fsp3) is 0.911. The summed E-state index contributed by atoms with van der Waals surface area (Å²) in [4.78, 5) is 65.2. The molecule has 3 heterocycles. The fourth-order valence-electron chi connectivity index (χ4n) is 9.21. The Morgan fingerprint density at radius 1 is 0.412 bits per heavy atom. The molecule has 0 aromatic rings. The number of ether oxygens (including phenoxy) is 10. The summed E-state index contributed by atoms with van der Waals surface area (Å²) in [5, 5.41) is 104. The number of aliphatic hydroxyl groups excluding tert-OH is 9. The van der Waals surface area contributed by atoms with E-state index in [4.69, 9.17) is 47.4 Å². The second-order valence-electron chi connectivity index (χ2n) is 22.5. The van der Waals surface area contributed by atoms with E-state index in [1.165, 1.54) is 0 Å². The molecule has 0 bridgehead atoms. The van der Waals surface area contributed by atoms with Gasteiger partial charge in [-0.3, -0.25) is 24.0 Å². The molecule has 15 atom stereocenters. The number of rotatable bonds is 45. The lowest BCUT2D eigenvalue weighted by atomic mass is 9.92. The van der Waals surface area contributed by atoms with Gasteiger partial charge in [-0.1, -0.05) is 34.6 Å². The summed E-state index contributed by atoms with van der Waals surface area (Å²) in [6.45, 7) is 9.04. The van der Waals surface area contributed by atoms with Crippen molar-refractivity contribution in [2.75, 3.05) is 119 Å². The molecule has 85 heavy (non-hydrogen) atoms. The van der Waals surface area contributed by atoms with Crippen molar-refractivity contribution in [3.63, 3.8) is 0 Å². The number of hydrogen-bond donors (Lipinski definition) is 14. The lowest BCUT2D eigenvalue weighted by Gasteiger charge is -2.40. The number of aliphatic hydroxyl groups is 9. The smallest absolute Gasteiger partial charge is 0.222 e. The predicted octanol–water partition coefficient (Wildman–Crippen LogP) is -3.41. The Balaban J connectivity index is 1.61. The van der Waals surface area contributed by atoms with Crippen LogP contribution < -0.4 is 26.6 Å². The second-order valence-corrected chi connectivity index (χ2v) is 22.5. The maximum atomic E-state index is 13.8. The molecule has 3 rings (SSSR count). The number of amides is 5. The summed E-state index contributed by atoms with van der Waals surface area (Å²) in [6.07, 6.45) is -10.5. The first kappa shape index (κ1) is 75.8. The Hall–Kier alpha value is -3.41. The van der Waals surface area contributed by atoms with Crippen LogP contribution in [0.15, 0.2) is 0 Å². The summed E-state index contributed by atoms with van der Waals surface area (Å²) in [6, 6.07) is 0. The number of nitrogens with one attached hydrogen (secondary N) is 5. The first-order chi connectivity index (χ1) is 40.7. The van der Waals surface area contributed by atoms with Gasteiger partial charge in [-0.2, -0.15) is 0 Å². The van der Waals surface area contributed by atoms with Crippen LogP contribution in [0.1, 0.15) is 105 Å². The second kappa shape index (κ2) is 42.5. The molecule has 6 unspecified atom stereocenters. The molecule has 0 saturated carbocycles. The van der Waals surface area contributed by atoms with Crippen LogP contribution in [0.3, 0.4) is 0 Å². The summed E-state index contributed by atoms with van der Waals surface area (Å²) >= 11 is 0. The van der Waals surface area contributed by atoms with Gasteiger partial charge in [0.05, 0.1) is 97.6 Å². The lowest BCUT2D eigenvalue weighted by molar-refractivity contribution is -0.282. The monoisotopic (exact) mass is 1230 g/mol. The van der Waals surface area contributed by atoms with Crippen molar-refractivity contribution in [2.45, 2.75) is 185 Å². The molecule has 3 aliphatic rings. The highest BCUT2D eigenvalue weighted by atomic mass is 16.7. The molecular formula is C56H103N5O24. The summed E-state index contributed by atoms with van der Waals surface area (Å²) in [5.41, 5.74) is -1.45. The van der Waals surface area contributed by atoms with Crippen molar-refractivity contribution < 1.29 is 117 Å². The van der Waals surface area contributed by atoms with Gasteiger partial charge in [0.1, 0.15) is 42.2 Å². The Bertz CT molecular complexity index is 1700. The predicted molar refractivity (Wildman–Crippen MR) is 300 cm³/mol. The van der Waals surface area contributed by atoms with Crippen LogP contribution in [0.25, 0.3) is 0 Å². The van der Waals surface area contributed by atoms with Gasteiger partial charge in [0, 0.05) is 89.3 Å². The third-order valence-electron chi connectivity index (χ3n) is 14.7. The third kappa shape index (κ3) is 28.7. The van der Waals surface area contributed by atoms with E-state index in [0.717, 1.165) is 6.42 Å². The maximum absolute atomic E-state index is 13.8. The highest BCUT2D eigenvalue weighted by Gasteiger charge is 2.45. The van der Waals surface area contributed by atoms with E-state index in [9.17, 15) is 69.9 Å². The summed E-state index contributed by atoms with van der Waals surface area (Å²) < 4.78 is 57.6. The topological polar surface area (TPSA) is 420 Å². The zero-order valence-electron chi connectivity index (χ0n) is 50.4. The highest BCUT2D eigenvalue weighted by molar-refractivity contribution is 5.79. The van der Waals surface area contributed by atoms with Crippen molar-refractivity contribution in [3.8, 4) is 0 Å². The molecule has 3 fully saturated rings. The SMILES string of the molecule is CC(C)CCOCCCNC(=O)CCCC(=O)NC(COCCC(=O)NCCCO[C@@H]1OC(CO)[C@H](O)[C@H](O)C1C)(COCCC(=O)NCCCO[C@@H]1OC(CO)[C@H](O)[C@H](O)C1C)COCCC(=O)NCCCO[C@@H]1OC(CO)[C@H](O)[C@H](O)C1C. The van der Waals surface area contributed by atoms with E-state index in [2.05, 4.69) is 40.4 Å². The highest BCUT2D eigenvalue weighted by Crippen LogP contribution is 2.29. The van der Waals surface area contributed by atoms with Crippen LogP contribution in [0, 0.1) is 23.7 Å². The van der Waals surface area contributed by atoms with Crippen molar-refractivity contribution in [2.24, 2.45) is 23.7 Å². The van der Waals surface area contributed by atoms with Crippen molar-refractivity contribution in [1.29, 1.82) is 0 Å². The molecule has 0 aromatic carbocycles. The molecule has 5 amide bonds. The van der Waals surface area contributed by atoms with Crippen LogP contribution in [0.2, 0.25) is 0 Å². The van der Waals surface area contributed by atoms with Gasteiger partial charge in [0.15, 0.2) is 18.9 Å². The summed E-state index contributed by atoms with van der Waals surface area (Å²) in [7, 11) is 0. The Labute approximate surface area is 499 Å². The van der Waals surface area contributed by atoms with Crippen molar-refractivity contribution in [3.05, 3.63) is 0 Å². The molecule has 29 nitrogen and oxygen atoms in total. The molecular weight excluding hydrogens is 1130 g/mol. The number of carbonyl (C=O) groups is 5. The van der Waals surface area contributed by atoms with Gasteiger partial charge in [0.25, 0.3) is 0 Å². The molecule has 29 heteroatoms. The van der Waals surface area contributed by atoms with Crippen LogP contribution in [-0.4, -0.2) is 274 Å². The van der Waals surface area contributed by atoms with Gasteiger partial charge < -0.3 is 120 Å². The minimum absolute atomic E-state index is 0.0581. The molecule has 0 radical (unpaired) electrons. The maximum Gasteiger partial charge on any atom is 0.222 e. The van der Waals surface area contributed by atoms with Crippen molar-refractivity contribution >= 4 is 29.5 Å². The van der Waals surface area contributed by atoms with Gasteiger partial charge in [-0.15, -0.1) is 0 Å². The molecule has 0 aliphatic carbocycles. The van der Waals surface area contributed by atoms with E-state index in [-0.39, 0.29) is 141 Å². The first-order valence-corrected chi connectivity index (χ1v) is 30.1. The normalized spacial score (nSPS) is 28.6. The standard InChI is InChI=1S/C56H103N5O24/c1-35(2)13-25-76-21-7-17-57-42(65)11-6-12-46(69)61-56(32-77-26-14-43(66)58-18-8-22-80-53-36(3)47(70)50(73)39(29-62)83-53,33-78-27-15-44(67)59-19-9-23-81-54-37(4)48(71)51(74)40(30-63)84-54)34-79-28-16-45(68)60-20-10-24-82-55-38(5)49(72)52(75)41(31-64)85-55/h35-41,47-55,62-64,70-75H,6-34H2,1-5H3,(H,57,65)(H,58,66)(H,59,67)(H,60,68)(H,61,69)/t36?,37?,38?,39?,40?,41?,47-,48-,49-,50+,51+,52+,53-,54-,55-,56?/m1/s1. The largest absolute Gasteiger partial charge is 0.394 e. The Kier molecular flexibility index (Phi) is 37.9. The zero-order chi connectivity index (χ0) is 62.7. The van der Waals surface area contributed by atoms with Gasteiger partial charge in [-0.25, -0.2) is 0 Å². The molecule has 3 saturated heterocycles. The van der Waals surface area contributed by atoms with Crippen LogP contribution in [0.5, 0.6) is 0 Å². The van der Waals surface area contributed by atoms with Crippen LogP contribution in [-0.2, 0) is 71.3 Å². The molecule has 3 aliphatic heterocycles. The van der Waals surface area contributed by atoms with Gasteiger partial charge in [0.2, 0.25) is 29.5 Å². The van der Waals surface area contributed by atoms with E-state index >= 15 is 0 Å². The van der Waals surface area contributed by atoms with E-state index < -0.39 is 123 Å². The zero-order valence-corrected chi connectivity index (χ0v) is 50.4. The molecule has 0 aromatic heterocycles. The molecule has 0 spiro atoms. The minimum Gasteiger partial charge on any atom is -0.394 e. The van der Waals surface area contributed by atoms with Gasteiger partial charge >= 0.3 is 0 Å².